The molecule has 1 heterocycles. The number of hydrogen-bond acceptors (Lipinski definition) is 4. The Bertz CT molecular complexity index is 614. The first-order chi connectivity index (χ1) is 10.0. The Balaban J connectivity index is 2.06. The normalized spacial score (nSPS) is 13.7. The van der Waals surface area contributed by atoms with Crippen molar-refractivity contribution in [1.29, 1.82) is 0 Å². The van der Waals surface area contributed by atoms with Crippen LogP contribution in [0.4, 0.5) is 5.13 Å². The van der Waals surface area contributed by atoms with Gasteiger partial charge in [0, 0.05) is 16.0 Å². The van der Waals surface area contributed by atoms with E-state index in [-0.39, 0.29) is 17.9 Å². The van der Waals surface area contributed by atoms with Crippen LogP contribution in [-0.2, 0) is 4.79 Å². The summed E-state index contributed by atoms with van der Waals surface area (Å²) in [6.07, 6.45) is 0.919. The Hall–Kier alpha value is -1.31. The second kappa shape index (κ2) is 7.11. The lowest BCUT2D eigenvalue weighted by Crippen LogP contribution is -2.69. The van der Waals surface area contributed by atoms with E-state index < -0.39 is 0 Å². The summed E-state index contributed by atoms with van der Waals surface area (Å²) < 4.78 is 1.01. The molecule has 0 aliphatic heterocycles. The zero-order valence-electron chi connectivity index (χ0n) is 12.0. The fourth-order valence-corrected chi connectivity index (χ4v) is 2.74. The highest BCUT2D eigenvalue weighted by Gasteiger charge is 2.24. The molecule has 0 unspecified atom stereocenters. The number of benzene rings is 1. The second-order valence-corrected chi connectivity index (χ2v) is 6.79. The highest BCUT2D eigenvalue weighted by atomic mass is 79.9. The van der Waals surface area contributed by atoms with Crippen molar-refractivity contribution in [1.82, 2.24) is 10.2 Å². The molecule has 112 valence electrons. The molecule has 4 N–H and O–H groups in total. The Labute approximate surface area is 136 Å². The van der Waals surface area contributed by atoms with Crippen molar-refractivity contribution in [3.8, 4) is 10.6 Å². The van der Waals surface area contributed by atoms with Crippen molar-refractivity contribution in [3.63, 3.8) is 0 Å². The van der Waals surface area contributed by atoms with E-state index in [2.05, 4.69) is 37.2 Å². The molecule has 2 atom stereocenters. The van der Waals surface area contributed by atoms with E-state index in [9.17, 15) is 4.79 Å². The molecule has 0 aliphatic rings. The van der Waals surface area contributed by atoms with E-state index in [1.807, 2.05) is 38.1 Å². The zero-order valence-corrected chi connectivity index (χ0v) is 14.4. The summed E-state index contributed by atoms with van der Waals surface area (Å²) in [6, 6.07) is 7.53. The highest BCUT2D eigenvalue weighted by molar-refractivity contribution is 9.10. The standard InChI is InChI=1S/C14H17BrN4OS/c1-3-8(2)11(16)12(20)17-14-19-18-13(21-14)9-4-6-10(15)7-5-9/h4-8,11H,3,16H2,1-2H3,(H,17,19,20)/p+1/t8-,11-/m0/s1. The van der Waals surface area contributed by atoms with Gasteiger partial charge in [-0.25, -0.2) is 0 Å². The molecule has 2 rings (SSSR count). The highest BCUT2D eigenvalue weighted by Crippen LogP contribution is 2.27. The van der Waals surface area contributed by atoms with Crippen LogP contribution in [0, 0.1) is 5.92 Å². The van der Waals surface area contributed by atoms with E-state index in [0.29, 0.717) is 5.13 Å². The number of aromatic nitrogens is 2. The molecule has 2 aromatic rings. The molecule has 1 aromatic heterocycles. The maximum atomic E-state index is 12.1. The summed E-state index contributed by atoms with van der Waals surface area (Å²) in [7, 11) is 0. The first-order valence-electron chi connectivity index (χ1n) is 6.74. The third-order valence-electron chi connectivity index (χ3n) is 3.41. The maximum Gasteiger partial charge on any atom is 0.284 e. The van der Waals surface area contributed by atoms with Crippen LogP contribution < -0.4 is 11.1 Å². The van der Waals surface area contributed by atoms with E-state index in [1.54, 1.807) is 0 Å². The number of rotatable bonds is 5. The minimum atomic E-state index is -0.282. The number of hydrogen-bond donors (Lipinski definition) is 2. The van der Waals surface area contributed by atoms with Crippen LogP contribution in [0.3, 0.4) is 0 Å². The molecular formula is C14H18BrN4OS+. The predicted octanol–water partition coefficient (Wildman–Crippen LogP) is 2.56. The van der Waals surface area contributed by atoms with Crippen LogP contribution >= 0.6 is 27.3 Å². The van der Waals surface area contributed by atoms with E-state index in [1.165, 1.54) is 11.3 Å². The molecule has 0 fully saturated rings. The molecule has 1 amide bonds. The first-order valence-corrected chi connectivity index (χ1v) is 8.35. The van der Waals surface area contributed by atoms with Gasteiger partial charge >= 0.3 is 0 Å². The molecule has 0 bridgehead atoms. The summed E-state index contributed by atoms with van der Waals surface area (Å²) >= 11 is 4.76. The molecule has 0 saturated heterocycles. The molecular weight excluding hydrogens is 352 g/mol. The largest absolute Gasteiger partial charge is 0.347 e. The van der Waals surface area contributed by atoms with Gasteiger partial charge in [0.25, 0.3) is 5.91 Å². The van der Waals surface area contributed by atoms with Crippen molar-refractivity contribution in [2.75, 3.05) is 5.32 Å². The monoisotopic (exact) mass is 369 g/mol. The topological polar surface area (TPSA) is 82.5 Å². The molecule has 5 nitrogen and oxygen atoms in total. The average Bonchev–Trinajstić information content (AvgIpc) is 2.94. The molecule has 1 aromatic carbocycles. The van der Waals surface area contributed by atoms with Crippen molar-refractivity contribution in [2.45, 2.75) is 26.3 Å². The third-order valence-corrected chi connectivity index (χ3v) is 4.83. The number of quaternary nitrogens is 1. The number of nitrogens with zero attached hydrogens (tertiary/aromatic N) is 2. The third kappa shape index (κ3) is 4.09. The van der Waals surface area contributed by atoms with Crippen LogP contribution in [0.15, 0.2) is 28.7 Å². The van der Waals surface area contributed by atoms with Crippen LogP contribution in [0.5, 0.6) is 0 Å². The Kier molecular flexibility index (Phi) is 5.44. The fraction of sp³-hybridized carbons (Fsp3) is 0.357. The minimum Gasteiger partial charge on any atom is -0.347 e. The lowest BCUT2D eigenvalue weighted by molar-refractivity contribution is -0.414. The number of carbonyl (C=O) groups is 1. The predicted molar refractivity (Wildman–Crippen MR) is 87.8 cm³/mol. The van der Waals surface area contributed by atoms with E-state index in [0.717, 1.165) is 21.5 Å². The van der Waals surface area contributed by atoms with Gasteiger partial charge in [0.05, 0.1) is 0 Å². The van der Waals surface area contributed by atoms with Crippen LogP contribution in [-0.4, -0.2) is 22.1 Å². The first kappa shape index (κ1) is 16.1. The molecule has 0 aliphatic carbocycles. The summed E-state index contributed by atoms with van der Waals surface area (Å²) in [4.78, 5) is 12.1. The van der Waals surface area contributed by atoms with Gasteiger partial charge in [-0.05, 0) is 18.6 Å². The maximum absolute atomic E-state index is 12.1. The summed E-state index contributed by atoms with van der Waals surface area (Å²) in [5.74, 6) is 0.131. The Morgan fingerprint density at radius 2 is 2.05 bits per heavy atom. The summed E-state index contributed by atoms with van der Waals surface area (Å²) in [5.41, 5.74) is 4.89. The zero-order chi connectivity index (χ0) is 15.4. The van der Waals surface area contributed by atoms with Gasteiger partial charge in [-0.15, -0.1) is 10.2 Å². The van der Waals surface area contributed by atoms with Gasteiger partial charge in [0.1, 0.15) is 5.01 Å². The Morgan fingerprint density at radius 1 is 1.38 bits per heavy atom. The quantitative estimate of drug-likeness (QED) is 0.849. The average molecular weight is 370 g/mol. The van der Waals surface area contributed by atoms with Gasteiger partial charge in [-0.2, -0.15) is 0 Å². The number of halogens is 1. The van der Waals surface area contributed by atoms with Crippen molar-refractivity contribution < 1.29 is 10.5 Å². The van der Waals surface area contributed by atoms with Crippen molar-refractivity contribution in [2.24, 2.45) is 5.92 Å². The van der Waals surface area contributed by atoms with Crippen LogP contribution in [0.2, 0.25) is 0 Å². The lowest BCUT2D eigenvalue weighted by Gasteiger charge is -2.13. The van der Waals surface area contributed by atoms with Gasteiger partial charge in [0.2, 0.25) is 5.13 Å². The molecule has 0 saturated carbocycles. The van der Waals surface area contributed by atoms with E-state index >= 15 is 0 Å². The number of anilines is 1. The summed E-state index contributed by atoms with van der Waals surface area (Å²) in [5, 5.41) is 12.2. The van der Waals surface area contributed by atoms with Gasteiger partial charge in [-0.3, -0.25) is 10.1 Å². The summed E-state index contributed by atoms with van der Waals surface area (Å²) in [6.45, 7) is 4.07. The van der Waals surface area contributed by atoms with Crippen LogP contribution in [0.1, 0.15) is 20.3 Å². The van der Waals surface area contributed by atoms with Gasteiger partial charge < -0.3 is 5.73 Å². The minimum absolute atomic E-state index is 0.108. The molecule has 0 spiro atoms. The SMILES string of the molecule is CC[C@H](C)[C@H]([NH3+])C(=O)Nc1nnc(-c2ccc(Br)cc2)s1. The molecule has 21 heavy (non-hydrogen) atoms. The second-order valence-electron chi connectivity index (χ2n) is 4.90. The van der Waals surface area contributed by atoms with Crippen LogP contribution in [0.25, 0.3) is 10.6 Å². The molecule has 7 heteroatoms. The molecule has 0 radical (unpaired) electrons. The number of carbonyl (C=O) groups excluding carboxylic acids is 1. The number of amides is 1. The van der Waals surface area contributed by atoms with Gasteiger partial charge in [0.15, 0.2) is 6.04 Å². The number of nitrogens with one attached hydrogen (secondary N) is 1. The smallest absolute Gasteiger partial charge is 0.284 e. The van der Waals surface area contributed by atoms with Crippen molar-refractivity contribution in [3.05, 3.63) is 28.7 Å². The van der Waals surface area contributed by atoms with Crippen molar-refractivity contribution >= 4 is 38.3 Å². The fourth-order valence-electron chi connectivity index (χ4n) is 1.72. The van der Waals surface area contributed by atoms with E-state index in [4.69, 9.17) is 0 Å². The van der Waals surface area contributed by atoms with Gasteiger partial charge in [-0.1, -0.05) is 53.2 Å². The Morgan fingerprint density at radius 3 is 2.67 bits per heavy atom. The lowest BCUT2D eigenvalue weighted by atomic mass is 10.00.